The Balaban J connectivity index is 1.94. The minimum Gasteiger partial charge on any atom is -0.493 e. The summed E-state index contributed by atoms with van der Waals surface area (Å²) in [6, 6.07) is 15.2. The van der Waals surface area contributed by atoms with Gasteiger partial charge in [0, 0.05) is 22.3 Å². The molecule has 2 nitrogen and oxygen atoms in total. The summed E-state index contributed by atoms with van der Waals surface area (Å²) in [5, 5.41) is 0. The first-order chi connectivity index (χ1) is 37.0. The number of rotatable bonds is 53. The number of nitrogens with zero attached hydrogens (tertiary/aromatic N) is 2. The zero-order chi connectivity index (χ0) is 53.7. The number of hydrogen-bond donors (Lipinski definition) is 0. The maximum absolute atomic E-state index is 13.1. The Morgan fingerprint density at radius 1 is 0.227 bits per heavy atom. The summed E-state index contributed by atoms with van der Waals surface area (Å²) in [5.41, 5.74) is 26.7. The minimum atomic E-state index is 1.04. The molecule has 2 aromatic rings. The molecule has 0 aliphatic carbocycles. The third-order valence-electron chi connectivity index (χ3n) is 17.1. The minimum absolute atomic E-state index is 1.04. The van der Waals surface area contributed by atoms with Crippen LogP contribution in [0.2, 0.25) is 0 Å². The summed E-state index contributed by atoms with van der Waals surface area (Å²) in [5.74, 6) is 0. The quantitative estimate of drug-likeness (QED) is 0.0466. The summed E-state index contributed by atoms with van der Waals surface area (Å²) < 4.78 is 1.75. The van der Waals surface area contributed by atoms with E-state index in [0.717, 1.165) is 56.3 Å². The van der Waals surface area contributed by atoms with Gasteiger partial charge < -0.3 is 5.53 Å². The van der Waals surface area contributed by atoms with E-state index in [0.29, 0.717) is 0 Å². The van der Waals surface area contributed by atoms with Crippen molar-refractivity contribution in [3.63, 3.8) is 0 Å². The number of unbranched alkanes of at least 4 members (excludes halogenated alkanes) is 39. The molecule has 428 valence electrons. The highest BCUT2D eigenvalue weighted by atomic mass is 15.2. The molecule has 0 aromatic heterocycles. The Hall–Kier alpha value is -2.48. The maximum Gasteiger partial charge on any atom is 0.211 e. The highest BCUT2D eigenvalue weighted by molar-refractivity contribution is 5.82. The lowest BCUT2D eigenvalue weighted by Crippen LogP contribution is -2.05. The molecular weight excluding hydrogens is 905 g/mol. The van der Waals surface area contributed by atoms with Crippen LogP contribution in [0.5, 0.6) is 0 Å². The van der Waals surface area contributed by atoms with Crippen LogP contribution in [0.3, 0.4) is 0 Å². The fraction of sp³-hybridized carbons (Fsp3) is 0.781. The smallest absolute Gasteiger partial charge is 0.211 e. The highest BCUT2D eigenvalue weighted by Gasteiger charge is 2.36. The fourth-order valence-electron chi connectivity index (χ4n) is 12.3. The van der Waals surface area contributed by atoms with Gasteiger partial charge in [0.2, 0.25) is 11.4 Å². The number of hydrogen-bond acceptors (Lipinski definition) is 0. The van der Waals surface area contributed by atoms with Crippen molar-refractivity contribution in [2.75, 3.05) is 0 Å². The first kappa shape index (κ1) is 66.8. The lowest BCUT2D eigenvalue weighted by atomic mass is 9.89. The second kappa shape index (κ2) is 46.4. The molecule has 0 bridgehead atoms. The van der Waals surface area contributed by atoms with E-state index in [1.165, 1.54) is 327 Å². The van der Waals surface area contributed by atoms with Crippen LogP contribution < -0.4 is 0 Å². The van der Waals surface area contributed by atoms with Crippen LogP contribution in [0.1, 0.15) is 377 Å². The topological polar surface area (TPSA) is 25.3 Å². The van der Waals surface area contributed by atoms with Gasteiger partial charge in [-0.05, 0) is 124 Å². The fourth-order valence-corrected chi connectivity index (χ4v) is 12.3. The molecule has 3 rings (SSSR count). The van der Waals surface area contributed by atoms with Crippen molar-refractivity contribution in [1.82, 2.24) is 0 Å². The van der Waals surface area contributed by atoms with E-state index >= 15 is 0 Å². The van der Waals surface area contributed by atoms with E-state index in [1.807, 2.05) is 0 Å². The van der Waals surface area contributed by atoms with Gasteiger partial charge in [-0.3, -0.25) is 0 Å². The second-order valence-corrected chi connectivity index (χ2v) is 24.3. The predicted molar refractivity (Wildman–Crippen MR) is 336 cm³/mol. The van der Waals surface area contributed by atoms with Crippen molar-refractivity contribution in [2.45, 2.75) is 369 Å². The molecule has 1 heterocycles. The van der Waals surface area contributed by atoms with Gasteiger partial charge in [-0.15, -0.1) is 0 Å². The monoisotopic (exact) mass is 1030 g/mol. The van der Waals surface area contributed by atoms with Crippen LogP contribution in [0.4, 0.5) is 0 Å². The molecule has 1 aliphatic heterocycles. The van der Waals surface area contributed by atoms with Crippen LogP contribution in [-0.4, -0.2) is 4.70 Å². The van der Waals surface area contributed by atoms with Crippen molar-refractivity contribution in [1.29, 1.82) is 0 Å². The normalized spacial score (nSPS) is 12.9. The Labute approximate surface area is 469 Å². The molecule has 0 saturated carbocycles. The summed E-state index contributed by atoms with van der Waals surface area (Å²) in [6.45, 7) is 14.0. The molecule has 0 spiro atoms. The molecular formula is C73H126N2. The van der Waals surface area contributed by atoms with E-state index in [1.54, 1.807) is 4.70 Å². The lowest BCUT2D eigenvalue weighted by molar-refractivity contribution is -0.345. The van der Waals surface area contributed by atoms with Crippen LogP contribution >= 0.6 is 0 Å². The van der Waals surface area contributed by atoms with Gasteiger partial charge in [-0.2, -0.15) is 0 Å². The Morgan fingerprint density at radius 3 is 0.653 bits per heavy atom. The molecule has 0 amide bonds. The van der Waals surface area contributed by atoms with Gasteiger partial charge in [0.25, 0.3) is 0 Å². The zero-order valence-corrected chi connectivity index (χ0v) is 51.4. The SMILES string of the molecule is CCCCCCCCCCCCc1cc(CCCCCCCCCCCC)cc(C2=C(CCCC)C(CCCCC)=C(c3cc(CCCCCCCCCCCC)cc(CCCCCCCCCCCC)c3)[N+]2=[N-])c1. The Morgan fingerprint density at radius 2 is 0.413 bits per heavy atom. The van der Waals surface area contributed by atoms with Crippen molar-refractivity contribution >= 4 is 11.4 Å². The molecule has 0 radical (unpaired) electrons. The average Bonchev–Trinajstić information content (AvgIpc) is 3.69. The molecule has 1 aliphatic rings. The molecule has 0 fully saturated rings. The van der Waals surface area contributed by atoms with E-state index in [2.05, 4.69) is 77.9 Å². The Bertz CT molecular complexity index is 1670. The van der Waals surface area contributed by atoms with Gasteiger partial charge in [-0.25, -0.2) is 4.70 Å². The van der Waals surface area contributed by atoms with Crippen molar-refractivity contribution in [3.05, 3.63) is 86.5 Å². The average molecular weight is 1030 g/mol. The molecule has 0 saturated heterocycles. The van der Waals surface area contributed by atoms with Crippen molar-refractivity contribution in [2.24, 2.45) is 0 Å². The lowest BCUT2D eigenvalue weighted by Gasteiger charge is -2.15. The summed E-state index contributed by atoms with van der Waals surface area (Å²) in [7, 11) is 0. The van der Waals surface area contributed by atoms with Gasteiger partial charge in [0.1, 0.15) is 0 Å². The highest BCUT2D eigenvalue weighted by Crippen LogP contribution is 2.45. The van der Waals surface area contributed by atoms with E-state index in [-0.39, 0.29) is 0 Å². The molecule has 0 atom stereocenters. The van der Waals surface area contributed by atoms with Gasteiger partial charge in [0.05, 0.1) is 0 Å². The van der Waals surface area contributed by atoms with Crippen LogP contribution in [-0.2, 0) is 25.7 Å². The third kappa shape index (κ3) is 30.5. The van der Waals surface area contributed by atoms with Gasteiger partial charge in [0.15, 0.2) is 0 Å². The summed E-state index contributed by atoms with van der Waals surface area (Å²) in [6.07, 6.45) is 67.5. The predicted octanol–water partition coefficient (Wildman–Crippen LogP) is 25.5. The zero-order valence-electron chi connectivity index (χ0n) is 51.4. The molecule has 75 heavy (non-hydrogen) atoms. The van der Waals surface area contributed by atoms with E-state index in [4.69, 9.17) is 0 Å². The molecule has 2 heteroatoms. The first-order valence-corrected chi connectivity index (χ1v) is 34.2. The van der Waals surface area contributed by atoms with Crippen molar-refractivity contribution in [3.8, 4) is 0 Å². The third-order valence-corrected chi connectivity index (χ3v) is 17.1. The van der Waals surface area contributed by atoms with E-state index < -0.39 is 0 Å². The molecule has 0 N–H and O–H groups in total. The maximum atomic E-state index is 13.1. The number of benzene rings is 2. The first-order valence-electron chi connectivity index (χ1n) is 34.2. The number of aryl methyl sites for hydroxylation is 4. The van der Waals surface area contributed by atoms with Gasteiger partial charge in [-0.1, -0.05) is 304 Å². The van der Waals surface area contributed by atoms with Crippen LogP contribution in [0, 0.1) is 0 Å². The summed E-state index contributed by atoms with van der Waals surface area (Å²) in [4.78, 5) is 0. The molecule has 2 aromatic carbocycles. The van der Waals surface area contributed by atoms with Crippen molar-refractivity contribution < 1.29 is 4.70 Å². The Kier molecular flexibility index (Phi) is 41.4. The standard InChI is InChI=1S/C73H126N2/c1-7-13-19-23-27-31-35-39-43-48-52-64-58-65(53-49-44-40-36-32-28-24-20-14-8-2)61-68(60-64)72-70(56-18-12-6)71(57-47-17-11-5)73(75(72)74)69-62-66(54-50-45-41-37-33-29-25-21-15-9-3)59-67(63-69)55-51-46-42-38-34-30-26-22-16-10-4/h58-63H,7-57H2,1-6H3. The van der Waals surface area contributed by atoms with Gasteiger partial charge >= 0.3 is 0 Å². The van der Waals surface area contributed by atoms with E-state index in [9.17, 15) is 5.53 Å². The van der Waals surface area contributed by atoms with Crippen LogP contribution in [0.25, 0.3) is 16.9 Å². The summed E-state index contributed by atoms with van der Waals surface area (Å²) >= 11 is 0. The number of allylic oxidation sites excluding steroid dienone is 2. The van der Waals surface area contributed by atoms with Crippen LogP contribution in [0.15, 0.2) is 47.5 Å². The molecule has 0 unspecified atom stereocenters. The second-order valence-electron chi connectivity index (χ2n) is 24.3. The largest absolute Gasteiger partial charge is 0.493 e.